The molecule has 5 heteroatoms. The highest BCUT2D eigenvalue weighted by Gasteiger charge is 2.41. The quantitative estimate of drug-likeness (QED) is 0.930. The minimum atomic E-state index is 0.257. The summed E-state index contributed by atoms with van der Waals surface area (Å²) in [4.78, 5) is 14.0. The van der Waals surface area contributed by atoms with E-state index in [9.17, 15) is 4.79 Å². The van der Waals surface area contributed by atoms with Crippen molar-refractivity contribution in [3.8, 4) is 0 Å². The summed E-state index contributed by atoms with van der Waals surface area (Å²) in [5.74, 6) is 0.257. The summed E-state index contributed by atoms with van der Waals surface area (Å²) in [7, 11) is 0. The molecular formula is C14H16Cl2N2O. The van der Waals surface area contributed by atoms with Gasteiger partial charge in [0.05, 0.1) is 0 Å². The first-order valence-corrected chi connectivity index (χ1v) is 7.37. The molecule has 0 spiro atoms. The molecule has 0 aromatic heterocycles. The van der Waals surface area contributed by atoms with Crippen molar-refractivity contribution in [1.82, 2.24) is 10.2 Å². The van der Waals surface area contributed by atoms with Gasteiger partial charge in [0, 0.05) is 35.1 Å². The van der Waals surface area contributed by atoms with Crippen LogP contribution in [0.3, 0.4) is 0 Å². The maximum Gasteiger partial charge on any atom is 0.224 e. The molecule has 2 aliphatic rings. The zero-order valence-corrected chi connectivity index (χ0v) is 12.0. The third-order valence-corrected chi connectivity index (χ3v) is 4.65. The number of hydrogen-bond acceptors (Lipinski definition) is 2. The minimum Gasteiger partial charge on any atom is -0.338 e. The molecule has 102 valence electrons. The van der Waals surface area contributed by atoms with E-state index in [1.54, 1.807) is 6.07 Å². The molecule has 1 aromatic carbocycles. The van der Waals surface area contributed by atoms with Gasteiger partial charge in [0.25, 0.3) is 0 Å². The predicted molar refractivity (Wildman–Crippen MR) is 76.7 cm³/mol. The average molecular weight is 299 g/mol. The summed E-state index contributed by atoms with van der Waals surface area (Å²) in [6.07, 6.45) is 2.48. The summed E-state index contributed by atoms with van der Waals surface area (Å²) < 4.78 is 0. The number of carbonyl (C=O) groups is 1. The number of amides is 1. The molecule has 1 N–H and O–H groups in total. The molecule has 2 fully saturated rings. The average Bonchev–Trinajstić information content (AvgIpc) is 2.90. The molecule has 2 saturated heterocycles. The lowest BCUT2D eigenvalue weighted by Gasteiger charge is -2.23. The first kappa shape index (κ1) is 13.2. The second-order valence-electron chi connectivity index (χ2n) is 5.19. The molecule has 0 bridgehead atoms. The van der Waals surface area contributed by atoms with Gasteiger partial charge in [-0.1, -0.05) is 29.3 Å². The van der Waals surface area contributed by atoms with E-state index in [1.807, 2.05) is 17.0 Å². The standard InChI is InChI=1S/C14H16Cl2N2O/c15-10-2-1-9(11(16)7-10)4-6-18-13-3-5-17-12(13)8-14(18)19/h1-2,7,12-13,17H,3-6,8H2/t12-,13-/m1/s1. The number of likely N-dealkylation sites (tertiary alicyclic amines) is 1. The summed E-state index contributed by atoms with van der Waals surface area (Å²) in [5.41, 5.74) is 1.05. The van der Waals surface area contributed by atoms with Crippen LogP contribution in [0.5, 0.6) is 0 Å². The highest BCUT2D eigenvalue weighted by molar-refractivity contribution is 6.35. The van der Waals surface area contributed by atoms with Gasteiger partial charge in [0.1, 0.15) is 0 Å². The molecular weight excluding hydrogens is 283 g/mol. The number of benzene rings is 1. The van der Waals surface area contributed by atoms with Gasteiger partial charge in [-0.2, -0.15) is 0 Å². The second-order valence-corrected chi connectivity index (χ2v) is 6.04. The largest absolute Gasteiger partial charge is 0.338 e. The minimum absolute atomic E-state index is 0.257. The van der Waals surface area contributed by atoms with E-state index in [1.165, 1.54) is 0 Å². The molecule has 0 aliphatic carbocycles. The number of nitrogens with zero attached hydrogens (tertiary/aromatic N) is 1. The van der Waals surface area contributed by atoms with Crippen molar-refractivity contribution in [2.24, 2.45) is 0 Å². The van der Waals surface area contributed by atoms with Crippen molar-refractivity contribution >= 4 is 29.1 Å². The van der Waals surface area contributed by atoms with Gasteiger partial charge >= 0.3 is 0 Å². The highest BCUT2D eigenvalue weighted by Crippen LogP contribution is 2.27. The van der Waals surface area contributed by atoms with Crippen LogP contribution in [-0.2, 0) is 11.2 Å². The topological polar surface area (TPSA) is 32.3 Å². The molecule has 2 heterocycles. The third-order valence-electron chi connectivity index (χ3n) is 4.06. The Morgan fingerprint density at radius 1 is 1.37 bits per heavy atom. The summed E-state index contributed by atoms with van der Waals surface area (Å²) in [6, 6.07) is 6.26. The molecule has 3 nitrogen and oxygen atoms in total. The third kappa shape index (κ3) is 2.60. The first-order valence-electron chi connectivity index (χ1n) is 6.62. The fourth-order valence-electron chi connectivity index (χ4n) is 3.08. The Balaban J connectivity index is 1.67. The number of hydrogen-bond donors (Lipinski definition) is 1. The van der Waals surface area contributed by atoms with E-state index < -0.39 is 0 Å². The zero-order valence-electron chi connectivity index (χ0n) is 10.5. The highest BCUT2D eigenvalue weighted by atomic mass is 35.5. The maximum atomic E-state index is 12.0. The number of halogens is 2. The van der Waals surface area contributed by atoms with Gasteiger partial charge in [0.2, 0.25) is 5.91 Å². The number of nitrogens with one attached hydrogen (secondary N) is 1. The van der Waals surface area contributed by atoms with Crippen LogP contribution in [-0.4, -0.2) is 36.0 Å². The smallest absolute Gasteiger partial charge is 0.224 e. The van der Waals surface area contributed by atoms with E-state index in [2.05, 4.69) is 5.32 Å². The van der Waals surface area contributed by atoms with E-state index in [0.717, 1.165) is 31.5 Å². The lowest BCUT2D eigenvalue weighted by Crippen LogP contribution is -2.37. The normalized spacial score (nSPS) is 26.0. The monoisotopic (exact) mass is 298 g/mol. The Kier molecular flexibility index (Phi) is 3.70. The van der Waals surface area contributed by atoms with Crippen LogP contribution in [0.2, 0.25) is 10.0 Å². The number of rotatable bonds is 3. The molecule has 0 radical (unpaired) electrons. The Hall–Kier alpha value is -0.770. The predicted octanol–water partition coefficient (Wildman–Crippen LogP) is 2.50. The van der Waals surface area contributed by atoms with Gasteiger partial charge in [-0.05, 0) is 37.1 Å². The first-order chi connectivity index (χ1) is 9.15. The fourth-order valence-corrected chi connectivity index (χ4v) is 3.58. The van der Waals surface area contributed by atoms with E-state index in [-0.39, 0.29) is 5.91 Å². The second kappa shape index (κ2) is 5.31. The van der Waals surface area contributed by atoms with Gasteiger partial charge in [-0.15, -0.1) is 0 Å². The van der Waals surface area contributed by atoms with Crippen molar-refractivity contribution in [1.29, 1.82) is 0 Å². The van der Waals surface area contributed by atoms with Crippen LogP contribution in [0, 0.1) is 0 Å². The SMILES string of the molecule is O=C1C[C@H]2NCC[C@H]2N1CCc1ccc(Cl)cc1Cl. The van der Waals surface area contributed by atoms with Crippen molar-refractivity contribution in [2.45, 2.75) is 31.3 Å². The van der Waals surface area contributed by atoms with Crippen molar-refractivity contribution < 1.29 is 4.79 Å². The lowest BCUT2D eigenvalue weighted by atomic mass is 10.1. The van der Waals surface area contributed by atoms with Gasteiger partial charge in [-0.25, -0.2) is 0 Å². The Morgan fingerprint density at radius 3 is 3.00 bits per heavy atom. The van der Waals surface area contributed by atoms with Crippen LogP contribution >= 0.6 is 23.2 Å². The summed E-state index contributed by atoms with van der Waals surface area (Å²) >= 11 is 12.0. The van der Waals surface area contributed by atoms with Crippen LogP contribution < -0.4 is 5.32 Å². The molecule has 0 unspecified atom stereocenters. The zero-order chi connectivity index (χ0) is 13.4. The lowest BCUT2D eigenvalue weighted by molar-refractivity contribution is -0.129. The summed E-state index contributed by atoms with van der Waals surface area (Å²) in [5, 5.41) is 4.72. The number of carbonyl (C=O) groups excluding carboxylic acids is 1. The van der Waals surface area contributed by atoms with Crippen LogP contribution in [0.4, 0.5) is 0 Å². The van der Waals surface area contributed by atoms with E-state index >= 15 is 0 Å². The molecule has 2 atom stereocenters. The molecule has 19 heavy (non-hydrogen) atoms. The summed E-state index contributed by atoms with van der Waals surface area (Å²) in [6.45, 7) is 1.75. The van der Waals surface area contributed by atoms with Crippen LogP contribution in [0.25, 0.3) is 0 Å². The van der Waals surface area contributed by atoms with Crippen LogP contribution in [0.15, 0.2) is 18.2 Å². The van der Waals surface area contributed by atoms with Crippen molar-refractivity contribution in [2.75, 3.05) is 13.1 Å². The molecule has 3 rings (SSSR count). The molecule has 1 amide bonds. The Morgan fingerprint density at radius 2 is 2.21 bits per heavy atom. The maximum absolute atomic E-state index is 12.0. The number of fused-ring (bicyclic) bond motifs is 1. The molecule has 1 aromatic rings. The molecule has 2 aliphatic heterocycles. The van der Waals surface area contributed by atoms with Gasteiger partial charge < -0.3 is 10.2 Å². The van der Waals surface area contributed by atoms with Crippen molar-refractivity contribution in [3.63, 3.8) is 0 Å². The molecule has 0 saturated carbocycles. The van der Waals surface area contributed by atoms with Crippen molar-refractivity contribution in [3.05, 3.63) is 33.8 Å². The van der Waals surface area contributed by atoms with Crippen LogP contribution in [0.1, 0.15) is 18.4 Å². The Bertz CT molecular complexity index is 506. The van der Waals surface area contributed by atoms with E-state index in [0.29, 0.717) is 28.5 Å². The van der Waals surface area contributed by atoms with E-state index in [4.69, 9.17) is 23.2 Å². The Labute approximate surface area is 122 Å². The van der Waals surface area contributed by atoms with Gasteiger partial charge in [-0.3, -0.25) is 4.79 Å². The fraction of sp³-hybridized carbons (Fsp3) is 0.500. The van der Waals surface area contributed by atoms with Gasteiger partial charge in [0.15, 0.2) is 0 Å².